The van der Waals surface area contributed by atoms with E-state index in [4.69, 9.17) is 4.42 Å². The summed E-state index contributed by atoms with van der Waals surface area (Å²) in [6.07, 6.45) is 0. The van der Waals surface area contributed by atoms with Gasteiger partial charge in [-0.1, -0.05) is 24.3 Å². The van der Waals surface area contributed by atoms with Crippen LogP contribution in [0.3, 0.4) is 0 Å². The first-order chi connectivity index (χ1) is 12.2. The summed E-state index contributed by atoms with van der Waals surface area (Å²) in [6, 6.07) is 17.0. The van der Waals surface area contributed by atoms with Crippen LogP contribution in [0.4, 0.5) is 4.39 Å². The van der Waals surface area contributed by atoms with Gasteiger partial charge in [-0.25, -0.2) is 9.37 Å². The van der Waals surface area contributed by atoms with E-state index < -0.39 is 5.82 Å². The number of aromatic nitrogens is 2. The lowest BCUT2D eigenvalue weighted by Gasteiger charge is -2.01. The van der Waals surface area contributed by atoms with Gasteiger partial charge in [0.2, 0.25) is 0 Å². The summed E-state index contributed by atoms with van der Waals surface area (Å²) in [5, 5.41) is 2.74. The number of amides is 1. The van der Waals surface area contributed by atoms with Crippen LogP contribution in [0.15, 0.2) is 65.1 Å². The van der Waals surface area contributed by atoms with Crippen molar-refractivity contribution in [3.8, 4) is 11.3 Å². The average Bonchev–Trinajstić information content (AvgIpc) is 3.27. The molecule has 0 unspecified atom stereocenters. The summed E-state index contributed by atoms with van der Waals surface area (Å²) < 4.78 is 19.3. The van der Waals surface area contributed by atoms with E-state index in [1.54, 1.807) is 24.3 Å². The number of furan rings is 1. The van der Waals surface area contributed by atoms with Crippen LogP contribution < -0.4 is 5.32 Å². The van der Waals surface area contributed by atoms with E-state index in [2.05, 4.69) is 15.3 Å². The second kappa shape index (κ2) is 6.24. The number of nitrogens with one attached hydrogen (secondary N) is 2. The standard InChI is InChI=1S/C19H14FN3O2/c20-13-6-2-1-5-12(13)16-9-10-17(25-16)19(24)21-11-18-22-14-7-3-4-8-15(14)23-18/h1-10H,11H2,(H,21,24)(H,22,23). The van der Waals surface area contributed by atoms with Crippen LogP contribution in [0.25, 0.3) is 22.4 Å². The fraction of sp³-hybridized carbons (Fsp3) is 0.0526. The van der Waals surface area contributed by atoms with Gasteiger partial charge in [0.15, 0.2) is 5.76 Å². The van der Waals surface area contributed by atoms with Crippen molar-refractivity contribution in [2.45, 2.75) is 6.54 Å². The van der Waals surface area contributed by atoms with E-state index in [0.717, 1.165) is 11.0 Å². The van der Waals surface area contributed by atoms with Crippen molar-refractivity contribution in [2.75, 3.05) is 0 Å². The number of halogens is 1. The van der Waals surface area contributed by atoms with Crippen molar-refractivity contribution >= 4 is 16.9 Å². The fourth-order valence-corrected chi connectivity index (χ4v) is 2.61. The van der Waals surface area contributed by atoms with Gasteiger partial charge >= 0.3 is 0 Å². The zero-order valence-electron chi connectivity index (χ0n) is 13.1. The number of carbonyl (C=O) groups excluding carboxylic acids is 1. The molecule has 6 heteroatoms. The Kier molecular flexibility index (Phi) is 3.78. The molecule has 2 heterocycles. The highest BCUT2D eigenvalue weighted by Crippen LogP contribution is 2.24. The maximum absolute atomic E-state index is 13.8. The predicted molar refractivity (Wildman–Crippen MR) is 91.4 cm³/mol. The first-order valence-electron chi connectivity index (χ1n) is 7.77. The first kappa shape index (κ1) is 15.1. The molecule has 0 aliphatic rings. The third kappa shape index (κ3) is 3.01. The zero-order chi connectivity index (χ0) is 17.2. The normalized spacial score (nSPS) is 10.9. The van der Waals surface area contributed by atoms with Crippen molar-refractivity contribution in [1.82, 2.24) is 15.3 Å². The number of benzene rings is 2. The molecule has 2 aromatic heterocycles. The molecule has 4 rings (SSSR count). The highest BCUT2D eigenvalue weighted by Gasteiger charge is 2.14. The Hall–Kier alpha value is -3.41. The molecule has 0 aliphatic carbocycles. The van der Waals surface area contributed by atoms with Crippen LogP contribution >= 0.6 is 0 Å². The smallest absolute Gasteiger partial charge is 0.287 e. The van der Waals surface area contributed by atoms with Gasteiger partial charge < -0.3 is 14.7 Å². The van der Waals surface area contributed by atoms with E-state index in [9.17, 15) is 9.18 Å². The monoisotopic (exact) mass is 335 g/mol. The summed E-state index contributed by atoms with van der Waals surface area (Å²) in [5.74, 6) is 0.297. The number of fused-ring (bicyclic) bond motifs is 1. The largest absolute Gasteiger partial charge is 0.451 e. The lowest BCUT2D eigenvalue weighted by molar-refractivity contribution is 0.0923. The highest BCUT2D eigenvalue weighted by atomic mass is 19.1. The maximum Gasteiger partial charge on any atom is 0.287 e. The molecule has 2 N–H and O–H groups in total. The molecule has 0 radical (unpaired) electrons. The molecule has 4 aromatic rings. The molecule has 1 amide bonds. The summed E-state index contributed by atoms with van der Waals surface area (Å²) >= 11 is 0. The van der Waals surface area contributed by atoms with E-state index in [0.29, 0.717) is 17.1 Å². The molecule has 124 valence electrons. The second-order valence-electron chi connectivity index (χ2n) is 5.53. The van der Waals surface area contributed by atoms with Crippen LogP contribution in [0.2, 0.25) is 0 Å². The molecule has 0 saturated carbocycles. The Morgan fingerprint density at radius 2 is 1.88 bits per heavy atom. The van der Waals surface area contributed by atoms with Crippen molar-refractivity contribution in [3.63, 3.8) is 0 Å². The lowest BCUT2D eigenvalue weighted by atomic mass is 10.1. The van der Waals surface area contributed by atoms with Crippen LogP contribution in [0.5, 0.6) is 0 Å². The van der Waals surface area contributed by atoms with Crippen LogP contribution in [0.1, 0.15) is 16.4 Å². The third-order valence-corrected chi connectivity index (χ3v) is 3.82. The van der Waals surface area contributed by atoms with Gasteiger partial charge in [-0.2, -0.15) is 0 Å². The molecular weight excluding hydrogens is 321 g/mol. The number of hydrogen-bond acceptors (Lipinski definition) is 3. The number of para-hydroxylation sites is 2. The number of hydrogen-bond donors (Lipinski definition) is 2. The van der Waals surface area contributed by atoms with E-state index >= 15 is 0 Å². The highest BCUT2D eigenvalue weighted by molar-refractivity contribution is 5.92. The Balaban J connectivity index is 1.47. The predicted octanol–water partition coefficient (Wildman–Crippen LogP) is 3.89. The molecule has 0 aliphatic heterocycles. The Morgan fingerprint density at radius 3 is 2.72 bits per heavy atom. The summed E-state index contributed by atoms with van der Waals surface area (Å²) in [6.45, 7) is 0.239. The van der Waals surface area contributed by atoms with Crippen molar-refractivity contribution in [1.29, 1.82) is 0 Å². The number of rotatable bonds is 4. The Morgan fingerprint density at radius 1 is 1.08 bits per heavy atom. The average molecular weight is 335 g/mol. The summed E-state index contributed by atoms with van der Waals surface area (Å²) in [4.78, 5) is 19.7. The van der Waals surface area contributed by atoms with Crippen LogP contribution in [-0.4, -0.2) is 15.9 Å². The van der Waals surface area contributed by atoms with Crippen LogP contribution in [0, 0.1) is 5.82 Å². The number of imidazole rings is 1. The van der Waals surface area contributed by atoms with Crippen LogP contribution in [-0.2, 0) is 6.54 Å². The fourth-order valence-electron chi connectivity index (χ4n) is 2.61. The Labute approximate surface area is 142 Å². The van der Waals surface area contributed by atoms with Gasteiger partial charge in [0, 0.05) is 0 Å². The Bertz CT molecular complexity index is 1020. The van der Waals surface area contributed by atoms with E-state index in [1.807, 2.05) is 24.3 Å². The minimum Gasteiger partial charge on any atom is -0.451 e. The lowest BCUT2D eigenvalue weighted by Crippen LogP contribution is -2.22. The van der Waals surface area contributed by atoms with Crippen molar-refractivity contribution in [2.24, 2.45) is 0 Å². The maximum atomic E-state index is 13.8. The first-order valence-corrected chi connectivity index (χ1v) is 7.77. The zero-order valence-corrected chi connectivity index (χ0v) is 13.1. The van der Waals surface area contributed by atoms with Gasteiger partial charge in [0.25, 0.3) is 5.91 Å². The molecule has 0 bridgehead atoms. The minimum atomic E-state index is -0.397. The molecule has 0 spiro atoms. The molecule has 2 aromatic carbocycles. The molecule has 0 fully saturated rings. The van der Waals surface area contributed by atoms with Gasteiger partial charge in [0.05, 0.1) is 23.1 Å². The van der Waals surface area contributed by atoms with Gasteiger partial charge in [0.1, 0.15) is 17.4 Å². The number of aromatic amines is 1. The van der Waals surface area contributed by atoms with Gasteiger partial charge in [-0.05, 0) is 36.4 Å². The van der Waals surface area contributed by atoms with E-state index in [-0.39, 0.29) is 18.2 Å². The molecule has 5 nitrogen and oxygen atoms in total. The van der Waals surface area contributed by atoms with Gasteiger partial charge in [-0.3, -0.25) is 4.79 Å². The summed E-state index contributed by atoms with van der Waals surface area (Å²) in [7, 11) is 0. The SMILES string of the molecule is O=C(NCc1nc2ccccc2[nH]1)c1ccc(-c2ccccc2F)o1. The minimum absolute atomic E-state index is 0.120. The number of carbonyl (C=O) groups is 1. The number of H-pyrrole nitrogens is 1. The third-order valence-electron chi connectivity index (χ3n) is 3.82. The quantitative estimate of drug-likeness (QED) is 0.594. The van der Waals surface area contributed by atoms with Crippen molar-refractivity contribution in [3.05, 3.63) is 78.1 Å². The second-order valence-corrected chi connectivity index (χ2v) is 5.53. The molecule has 25 heavy (non-hydrogen) atoms. The molecule has 0 saturated heterocycles. The number of nitrogens with zero attached hydrogens (tertiary/aromatic N) is 1. The topological polar surface area (TPSA) is 70.9 Å². The summed E-state index contributed by atoms with van der Waals surface area (Å²) in [5.41, 5.74) is 2.07. The molecule has 0 atom stereocenters. The van der Waals surface area contributed by atoms with Crippen molar-refractivity contribution < 1.29 is 13.6 Å². The van der Waals surface area contributed by atoms with Gasteiger partial charge in [-0.15, -0.1) is 0 Å². The molecular formula is C19H14FN3O2. The van der Waals surface area contributed by atoms with E-state index in [1.165, 1.54) is 12.1 Å².